The molecule has 4 nitrogen and oxygen atoms in total. The third-order valence-electron chi connectivity index (χ3n) is 4.52. The summed E-state index contributed by atoms with van der Waals surface area (Å²) in [6, 6.07) is 7.10. The minimum Gasteiger partial charge on any atom is -0.367 e. The maximum atomic E-state index is 13.8. The highest BCUT2D eigenvalue weighted by Crippen LogP contribution is 2.20. The Morgan fingerprint density at radius 1 is 1.12 bits per heavy atom. The number of hydrogen-bond donors (Lipinski definition) is 1. The van der Waals surface area contributed by atoms with E-state index < -0.39 is 0 Å². The highest BCUT2D eigenvalue weighted by molar-refractivity contribution is 5.78. The van der Waals surface area contributed by atoms with Crippen molar-refractivity contribution in [2.45, 2.75) is 39.7 Å². The zero-order chi connectivity index (χ0) is 17.5. The van der Waals surface area contributed by atoms with Crippen LogP contribution in [0.15, 0.2) is 24.3 Å². The summed E-state index contributed by atoms with van der Waals surface area (Å²) < 4.78 is 13.8. The Hall–Kier alpha value is -1.62. The molecular weight excluding hydrogens is 305 g/mol. The van der Waals surface area contributed by atoms with Crippen molar-refractivity contribution in [2.75, 3.05) is 37.6 Å². The van der Waals surface area contributed by atoms with Crippen LogP contribution in [0.1, 0.15) is 33.6 Å². The molecule has 0 unspecified atom stereocenters. The molecule has 1 atom stereocenters. The van der Waals surface area contributed by atoms with Crippen molar-refractivity contribution < 1.29 is 9.18 Å². The number of piperazine rings is 1. The number of benzene rings is 1. The van der Waals surface area contributed by atoms with Crippen molar-refractivity contribution in [3.05, 3.63) is 30.1 Å². The fraction of sp³-hybridized carbons (Fsp3) is 0.632. The number of nitrogens with one attached hydrogen (secondary N) is 1. The second kappa shape index (κ2) is 9.02. The molecule has 1 fully saturated rings. The minimum absolute atomic E-state index is 0.0885. The predicted octanol–water partition coefficient (Wildman–Crippen LogP) is 2.89. The average Bonchev–Trinajstić information content (AvgIpc) is 2.54. The summed E-state index contributed by atoms with van der Waals surface area (Å²) >= 11 is 0. The Bertz CT molecular complexity index is 527. The lowest BCUT2D eigenvalue weighted by atomic mass is 10.0. The van der Waals surface area contributed by atoms with Crippen molar-refractivity contribution in [3.8, 4) is 0 Å². The summed E-state index contributed by atoms with van der Waals surface area (Å²) in [6.07, 6.45) is 2.15. The maximum Gasteiger partial charge on any atom is 0.234 e. The molecule has 0 aliphatic carbocycles. The van der Waals surface area contributed by atoms with E-state index in [1.54, 1.807) is 6.07 Å². The molecule has 1 aromatic rings. The molecule has 1 amide bonds. The molecule has 1 aromatic carbocycles. The zero-order valence-electron chi connectivity index (χ0n) is 15.1. The molecule has 24 heavy (non-hydrogen) atoms. The fourth-order valence-electron chi connectivity index (χ4n) is 3.03. The van der Waals surface area contributed by atoms with Crippen LogP contribution in [0.3, 0.4) is 0 Å². The molecule has 5 heteroatoms. The second-order valence-corrected chi connectivity index (χ2v) is 7.15. The van der Waals surface area contributed by atoms with E-state index >= 15 is 0 Å². The minimum atomic E-state index is -0.178. The number of hydrogen-bond acceptors (Lipinski definition) is 3. The van der Waals surface area contributed by atoms with Gasteiger partial charge in [0, 0.05) is 32.2 Å². The summed E-state index contributed by atoms with van der Waals surface area (Å²) in [6.45, 7) is 9.94. The molecule has 134 valence electrons. The first-order valence-corrected chi connectivity index (χ1v) is 8.97. The van der Waals surface area contributed by atoms with E-state index in [-0.39, 0.29) is 17.8 Å². The number of nitrogens with zero attached hydrogens (tertiary/aromatic N) is 2. The van der Waals surface area contributed by atoms with Gasteiger partial charge in [0.1, 0.15) is 5.82 Å². The van der Waals surface area contributed by atoms with Crippen LogP contribution in [-0.2, 0) is 4.79 Å². The SMILES string of the molecule is CC(C)CC[C@@H](C)NC(=O)CN1CCN(c2ccccc2F)CC1. The van der Waals surface area contributed by atoms with E-state index in [1.165, 1.54) is 6.07 Å². The first-order chi connectivity index (χ1) is 11.5. The van der Waals surface area contributed by atoms with Crippen molar-refractivity contribution in [1.29, 1.82) is 0 Å². The summed E-state index contributed by atoms with van der Waals surface area (Å²) in [7, 11) is 0. The number of amides is 1. The van der Waals surface area contributed by atoms with Gasteiger partial charge in [0.25, 0.3) is 0 Å². The van der Waals surface area contributed by atoms with Crippen molar-refractivity contribution in [1.82, 2.24) is 10.2 Å². The third kappa shape index (κ3) is 5.78. The molecule has 2 rings (SSSR count). The highest BCUT2D eigenvalue weighted by Gasteiger charge is 2.21. The number of rotatable bonds is 7. The van der Waals surface area contributed by atoms with Crippen LogP contribution in [0.2, 0.25) is 0 Å². The molecule has 1 N–H and O–H groups in total. The molecule has 0 saturated carbocycles. The summed E-state index contributed by atoms with van der Waals surface area (Å²) in [4.78, 5) is 16.3. The Morgan fingerprint density at radius 2 is 1.79 bits per heavy atom. The van der Waals surface area contributed by atoms with Gasteiger partial charge in [-0.15, -0.1) is 0 Å². The quantitative estimate of drug-likeness (QED) is 0.832. The molecule has 1 aliphatic heterocycles. The number of halogens is 1. The Labute approximate surface area is 145 Å². The van der Waals surface area contributed by atoms with Crippen LogP contribution in [0.4, 0.5) is 10.1 Å². The molecule has 1 heterocycles. The van der Waals surface area contributed by atoms with Crippen molar-refractivity contribution in [2.24, 2.45) is 5.92 Å². The lowest BCUT2D eigenvalue weighted by molar-refractivity contribution is -0.123. The van der Waals surface area contributed by atoms with Gasteiger partial charge < -0.3 is 10.2 Å². The fourth-order valence-corrected chi connectivity index (χ4v) is 3.03. The van der Waals surface area contributed by atoms with E-state index in [9.17, 15) is 9.18 Å². The van der Waals surface area contributed by atoms with Crippen LogP contribution >= 0.6 is 0 Å². The van der Waals surface area contributed by atoms with Gasteiger partial charge in [-0.2, -0.15) is 0 Å². The summed E-state index contributed by atoms with van der Waals surface area (Å²) in [5.74, 6) is 0.573. The van der Waals surface area contributed by atoms with E-state index in [1.807, 2.05) is 12.1 Å². The number of para-hydroxylation sites is 1. The molecular formula is C19H30FN3O. The smallest absolute Gasteiger partial charge is 0.234 e. The normalized spacial score (nSPS) is 17.1. The maximum absolute atomic E-state index is 13.8. The standard InChI is InChI=1S/C19H30FN3O/c1-15(2)8-9-16(3)21-19(24)14-22-10-12-23(13-11-22)18-7-5-4-6-17(18)20/h4-7,15-16H,8-14H2,1-3H3,(H,21,24)/t16-/m1/s1. The Morgan fingerprint density at radius 3 is 2.42 bits per heavy atom. The average molecular weight is 335 g/mol. The molecule has 0 aromatic heterocycles. The molecule has 0 radical (unpaired) electrons. The van der Waals surface area contributed by atoms with Gasteiger partial charge in [-0.05, 0) is 37.8 Å². The largest absolute Gasteiger partial charge is 0.367 e. The third-order valence-corrected chi connectivity index (χ3v) is 4.52. The predicted molar refractivity (Wildman–Crippen MR) is 96.7 cm³/mol. The first kappa shape index (κ1) is 18.7. The van der Waals surface area contributed by atoms with Gasteiger partial charge in [-0.25, -0.2) is 4.39 Å². The highest BCUT2D eigenvalue weighted by atomic mass is 19.1. The second-order valence-electron chi connectivity index (χ2n) is 7.15. The number of carbonyl (C=O) groups excluding carboxylic acids is 1. The summed E-state index contributed by atoms with van der Waals surface area (Å²) in [5.41, 5.74) is 0.656. The van der Waals surface area contributed by atoms with Gasteiger partial charge in [0.15, 0.2) is 0 Å². The molecule has 0 bridgehead atoms. The van der Waals surface area contributed by atoms with Gasteiger partial charge >= 0.3 is 0 Å². The van der Waals surface area contributed by atoms with E-state index in [4.69, 9.17) is 0 Å². The molecule has 1 saturated heterocycles. The molecule has 0 spiro atoms. The first-order valence-electron chi connectivity index (χ1n) is 8.97. The van der Waals surface area contributed by atoms with Crippen LogP contribution in [0.5, 0.6) is 0 Å². The number of anilines is 1. The van der Waals surface area contributed by atoms with Gasteiger partial charge in [0.2, 0.25) is 5.91 Å². The van der Waals surface area contributed by atoms with Gasteiger partial charge in [-0.1, -0.05) is 26.0 Å². The zero-order valence-corrected chi connectivity index (χ0v) is 15.1. The van der Waals surface area contributed by atoms with E-state index in [2.05, 4.69) is 35.9 Å². The monoisotopic (exact) mass is 335 g/mol. The van der Waals surface area contributed by atoms with Gasteiger partial charge in [0.05, 0.1) is 12.2 Å². The topological polar surface area (TPSA) is 35.6 Å². The van der Waals surface area contributed by atoms with E-state index in [0.717, 1.165) is 39.0 Å². The van der Waals surface area contributed by atoms with Crippen LogP contribution in [0.25, 0.3) is 0 Å². The van der Waals surface area contributed by atoms with Crippen LogP contribution in [-0.4, -0.2) is 49.6 Å². The summed E-state index contributed by atoms with van der Waals surface area (Å²) in [5, 5.41) is 3.08. The lowest BCUT2D eigenvalue weighted by Crippen LogP contribution is -2.50. The van der Waals surface area contributed by atoms with Gasteiger partial charge in [-0.3, -0.25) is 9.69 Å². The van der Waals surface area contributed by atoms with Crippen LogP contribution in [0, 0.1) is 11.7 Å². The van der Waals surface area contributed by atoms with Crippen LogP contribution < -0.4 is 10.2 Å². The van der Waals surface area contributed by atoms with Crippen molar-refractivity contribution in [3.63, 3.8) is 0 Å². The van der Waals surface area contributed by atoms with Crippen molar-refractivity contribution >= 4 is 11.6 Å². The lowest BCUT2D eigenvalue weighted by Gasteiger charge is -2.36. The number of carbonyl (C=O) groups is 1. The Balaban J connectivity index is 1.73. The van der Waals surface area contributed by atoms with E-state index in [0.29, 0.717) is 18.2 Å². The molecule has 1 aliphatic rings. The Kier molecular flexibility index (Phi) is 7.03.